The molecule has 10 heteroatoms. The number of ether oxygens (including phenoxy) is 1. The molecule has 0 bridgehead atoms. The zero-order valence-electron chi connectivity index (χ0n) is 23.3. The van der Waals surface area contributed by atoms with Gasteiger partial charge in [-0.1, -0.05) is 35.5 Å². The van der Waals surface area contributed by atoms with Gasteiger partial charge in [-0.2, -0.15) is 9.78 Å². The lowest BCUT2D eigenvalue weighted by Gasteiger charge is -2.21. The maximum Gasteiger partial charge on any atom is 0.274 e. The number of rotatable bonds is 10. The van der Waals surface area contributed by atoms with Crippen LogP contribution in [0.4, 0.5) is 4.39 Å². The zero-order valence-corrected chi connectivity index (χ0v) is 24.9. The minimum absolute atomic E-state index is 0.0258. The Morgan fingerprint density at radius 2 is 1.83 bits per heavy atom. The Morgan fingerprint density at radius 3 is 2.52 bits per heavy atom. The van der Waals surface area contributed by atoms with Gasteiger partial charge in [0.1, 0.15) is 16.6 Å². The van der Waals surface area contributed by atoms with Gasteiger partial charge in [-0.15, -0.1) is 0 Å². The van der Waals surface area contributed by atoms with Crippen LogP contribution in [0.3, 0.4) is 0 Å². The molecule has 1 aliphatic rings. The Morgan fingerprint density at radius 1 is 1.12 bits per heavy atom. The van der Waals surface area contributed by atoms with E-state index in [0.29, 0.717) is 53.0 Å². The van der Waals surface area contributed by atoms with Crippen molar-refractivity contribution in [1.82, 2.24) is 20.4 Å². The van der Waals surface area contributed by atoms with Crippen LogP contribution in [0.25, 0.3) is 5.69 Å². The average Bonchev–Trinajstić information content (AvgIpc) is 3.49. The molecule has 42 heavy (non-hydrogen) atoms. The fourth-order valence-electron chi connectivity index (χ4n) is 5.08. The molecule has 4 aromatic rings. The summed E-state index contributed by atoms with van der Waals surface area (Å²) in [5.41, 5.74) is 1.96. The van der Waals surface area contributed by atoms with Gasteiger partial charge in [0.2, 0.25) is 5.91 Å². The van der Waals surface area contributed by atoms with Crippen LogP contribution in [0.15, 0.2) is 93.6 Å². The molecule has 1 fully saturated rings. The predicted molar refractivity (Wildman–Crippen MR) is 163 cm³/mol. The Hall–Kier alpha value is -3.66. The zero-order chi connectivity index (χ0) is 29.6. The van der Waals surface area contributed by atoms with E-state index in [4.69, 9.17) is 16.3 Å². The Kier molecular flexibility index (Phi) is 9.62. The Balaban J connectivity index is 1.32. The maximum absolute atomic E-state index is 13.6. The molecule has 1 aliphatic heterocycles. The topological polar surface area (TPSA) is 85.2 Å². The van der Waals surface area contributed by atoms with Crippen LogP contribution in [0.2, 0.25) is 5.02 Å². The average molecular weight is 607 g/mol. The number of amides is 1. The number of aromatic nitrogens is 2. The van der Waals surface area contributed by atoms with E-state index in [2.05, 4.69) is 15.7 Å². The number of aryl methyl sites for hydroxylation is 1. The number of nitrogens with one attached hydrogen (secondary N) is 2. The van der Waals surface area contributed by atoms with Crippen molar-refractivity contribution in [2.75, 3.05) is 20.2 Å². The summed E-state index contributed by atoms with van der Waals surface area (Å²) in [7, 11) is 1.59. The van der Waals surface area contributed by atoms with E-state index < -0.39 is 0 Å². The van der Waals surface area contributed by atoms with Gasteiger partial charge in [0.15, 0.2) is 0 Å². The molecule has 0 spiro atoms. The van der Waals surface area contributed by atoms with Gasteiger partial charge < -0.3 is 15.4 Å². The normalized spacial score (nSPS) is 17.1. The van der Waals surface area contributed by atoms with E-state index >= 15 is 0 Å². The standard InChI is InChI=1S/C32H32ClFN4O3S/c1-20(36-31(39)29-19-35-18-28(29)21-5-9-24(34)10-6-21)3-4-22-17-30(42-27-15-7-23(33)8-16-27)37-38(32(22)40)25-11-13-26(41-2)14-12-25/h5-17,20,28-29,35H,3-4,18-19H2,1-2H3,(H,36,39)/t20-,28-,29+/m1/s1. The van der Waals surface area contributed by atoms with Crippen LogP contribution in [-0.2, 0) is 11.2 Å². The van der Waals surface area contributed by atoms with E-state index in [1.165, 1.54) is 28.6 Å². The van der Waals surface area contributed by atoms with Crippen LogP contribution in [0.1, 0.15) is 30.4 Å². The van der Waals surface area contributed by atoms with E-state index in [-0.39, 0.29) is 35.2 Å². The van der Waals surface area contributed by atoms with Gasteiger partial charge in [-0.25, -0.2) is 4.39 Å². The number of nitrogens with zero attached hydrogens (tertiary/aromatic N) is 2. The largest absolute Gasteiger partial charge is 0.497 e. The molecule has 0 radical (unpaired) electrons. The van der Waals surface area contributed by atoms with Crippen molar-refractivity contribution in [3.05, 3.63) is 111 Å². The lowest BCUT2D eigenvalue weighted by Crippen LogP contribution is -2.40. The second kappa shape index (κ2) is 13.5. The number of benzene rings is 3. The molecule has 218 valence electrons. The predicted octanol–water partition coefficient (Wildman–Crippen LogP) is 5.63. The quantitative estimate of drug-likeness (QED) is 0.244. The third-order valence-electron chi connectivity index (χ3n) is 7.40. The van der Waals surface area contributed by atoms with Crippen LogP contribution < -0.4 is 20.9 Å². The molecule has 0 unspecified atom stereocenters. The smallest absolute Gasteiger partial charge is 0.274 e. The highest BCUT2D eigenvalue weighted by atomic mass is 35.5. The highest BCUT2D eigenvalue weighted by Gasteiger charge is 2.34. The number of hydrogen-bond acceptors (Lipinski definition) is 6. The maximum atomic E-state index is 13.6. The fourth-order valence-corrected chi connectivity index (χ4v) is 6.04. The minimum Gasteiger partial charge on any atom is -0.497 e. The van der Waals surface area contributed by atoms with Crippen molar-refractivity contribution in [3.63, 3.8) is 0 Å². The molecule has 0 saturated carbocycles. The van der Waals surface area contributed by atoms with Gasteiger partial charge in [0.05, 0.1) is 18.7 Å². The lowest BCUT2D eigenvalue weighted by atomic mass is 9.88. The van der Waals surface area contributed by atoms with Crippen LogP contribution in [-0.4, -0.2) is 41.9 Å². The molecule has 2 heterocycles. The first-order valence-electron chi connectivity index (χ1n) is 13.8. The van der Waals surface area contributed by atoms with Gasteiger partial charge >= 0.3 is 0 Å². The second-order valence-corrected chi connectivity index (χ2v) is 11.9. The number of halogens is 2. The molecule has 3 atom stereocenters. The van der Waals surface area contributed by atoms with E-state index in [1.807, 2.05) is 37.3 Å². The number of hydrogen-bond donors (Lipinski definition) is 2. The fraction of sp³-hybridized carbons (Fsp3) is 0.281. The molecule has 1 amide bonds. The van der Waals surface area contributed by atoms with Crippen molar-refractivity contribution >= 4 is 29.3 Å². The first-order valence-corrected chi connectivity index (χ1v) is 15.0. The molecule has 0 aliphatic carbocycles. The molecule has 1 aromatic heterocycles. The minimum atomic E-state index is -0.295. The van der Waals surface area contributed by atoms with Gasteiger partial charge in [-0.05, 0) is 92.1 Å². The molecule has 7 nitrogen and oxygen atoms in total. The third-order valence-corrected chi connectivity index (χ3v) is 8.57. The monoisotopic (exact) mass is 606 g/mol. The summed E-state index contributed by atoms with van der Waals surface area (Å²) in [6, 6.07) is 22.6. The molecule has 2 N–H and O–H groups in total. The van der Waals surface area contributed by atoms with E-state index in [1.54, 1.807) is 43.5 Å². The van der Waals surface area contributed by atoms with Crippen molar-refractivity contribution < 1.29 is 13.9 Å². The van der Waals surface area contributed by atoms with E-state index in [0.717, 1.165) is 10.5 Å². The van der Waals surface area contributed by atoms with Crippen LogP contribution >= 0.6 is 23.4 Å². The first-order chi connectivity index (χ1) is 20.3. The second-order valence-electron chi connectivity index (χ2n) is 10.3. The molecule has 3 aromatic carbocycles. The Bertz CT molecular complexity index is 1580. The number of methoxy groups -OCH3 is 1. The van der Waals surface area contributed by atoms with Crippen molar-refractivity contribution in [2.24, 2.45) is 5.92 Å². The first kappa shape index (κ1) is 29.8. The van der Waals surface area contributed by atoms with Gasteiger partial charge in [-0.3, -0.25) is 9.59 Å². The molecular weight excluding hydrogens is 575 g/mol. The highest BCUT2D eigenvalue weighted by molar-refractivity contribution is 7.99. The van der Waals surface area contributed by atoms with Crippen molar-refractivity contribution in [2.45, 2.75) is 41.6 Å². The summed E-state index contributed by atoms with van der Waals surface area (Å²) in [6.45, 7) is 3.16. The highest BCUT2D eigenvalue weighted by Crippen LogP contribution is 2.30. The summed E-state index contributed by atoms with van der Waals surface area (Å²) in [6.07, 6.45) is 1.03. The molecular formula is C32H32ClFN4O3S. The summed E-state index contributed by atoms with van der Waals surface area (Å²) < 4.78 is 20.1. The van der Waals surface area contributed by atoms with Crippen molar-refractivity contribution in [3.8, 4) is 11.4 Å². The van der Waals surface area contributed by atoms with Crippen LogP contribution in [0.5, 0.6) is 5.75 Å². The van der Waals surface area contributed by atoms with Crippen molar-refractivity contribution in [1.29, 1.82) is 0 Å². The molecule has 5 rings (SSSR count). The summed E-state index contributed by atoms with van der Waals surface area (Å²) in [5, 5.41) is 12.4. The van der Waals surface area contributed by atoms with E-state index in [9.17, 15) is 14.0 Å². The number of carbonyl (C=O) groups is 1. The summed E-state index contributed by atoms with van der Waals surface area (Å²) >= 11 is 7.50. The summed E-state index contributed by atoms with van der Waals surface area (Å²) in [4.78, 5) is 27.7. The molecule has 1 saturated heterocycles. The summed E-state index contributed by atoms with van der Waals surface area (Å²) in [5.74, 6) is 0.0560. The van der Waals surface area contributed by atoms with Crippen LogP contribution in [0, 0.1) is 11.7 Å². The van der Waals surface area contributed by atoms with Gasteiger partial charge in [0.25, 0.3) is 5.56 Å². The Labute approximate surface area is 253 Å². The third kappa shape index (κ3) is 7.21. The van der Waals surface area contributed by atoms with Gasteiger partial charge in [0, 0.05) is 40.5 Å². The lowest BCUT2D eigenvalue weighted by molar-refractivity contribution is -0.125. The SMILES string of the molecule is COc1ccc(-n2nc(Sc3ccc(Cl)cc3)cc(CC[C@@H](C)NC(=O)[C@H]3CNC[C@@H]3c3ccc(F)cc3)c2=O)cc1. The number of carbonyl (C=O) groups excluding carboxylic acids is 1.